The highest BCUT2D eigenvalue weighted by Gasteiger charge is 2.39. The fourth-order valence-corrected chi connectivity index (χ4v) is 4.20. The Kier molecular flexibility index (Phi) is 5.55. The topological polar surface area (TPSA) is 60.2 Å². The Balaban J connectivity index is 2.15. The van der Waals surface area contributed by atoms with Crippen molar-refractivity contribution in [3.63, 3.8) is 0 Å². The lowest BCUT2D eigenvalue weighted by molar-refractivity contribution is -0.0527. The molecule has 2 rings (SSSR count). The highest BCUT2D eigenvalue weighted by Crippen LogP contribution is 2.34. The van der Waals surface area contributed by atoms with Crippen molar-refractivity contribution in [3.05, 3.63) is 15.6 Å². The third kappa shape index (κ3) is 3.39. The second-order valence-electron chi connectivity index (χ2n) is 5.86. The van der Waals surface area contributed by atoms with Crippen molar-refractivity contribution >= 4 is 11.3 Å². The van der Waals surface area contributed by atoms with Gasteiger partial charge in [0.15, 0.2) is 0 Å². The third-order valence-corrected chi connectivity index (χ3v) is 5.74. The Morgan fingerprint density at radius 3 is 2.40 bits per heavy atom. The summed E-state index contributed by atoms with van der Waals surface area (Å²) in [6.45, 7) is 4.19. The zero-order valence-electron chi connectivity index (χ0n) is 12.9. The van der Waals surface area contributed by atoms with Crippen LogP contribution in [0.3, 0.4) is 0 Å². The van der Waals surface area contributed by atoms with Gasteiger partial charge in [-0.1, -0.05) is 25.7 Å². The molecule has 0 aromatic carbocycles. The molecule has 1 atom stereocenters. The normalized spacial score (nSPS) is 20.6. The number of hydrogen-bond donors (Lipinski definition) is 2. The van der Waals surface area contributed by atoms with E-state index in [2.05, 4.69) is 24.3 Å². The van der Waals surface area contributed by atoms with Crippen LogP contribution in [0.5, 0.6) is 0 Å². The van der Waals surface area contributed by atoms with E-state index in [1.165, 1.54) is 30.6 Å². The van der Waals surface area contributed by atoms with E-state index in [0.29, 0.717) is 0 Å². The zero-order chi connectivity index (χ0) is 14.6. The number of hydrazine groups is 1. The Morgan fingerprint density at radius 1 is 1.30 bits per heavy atom. The van der Waals surface area contributed by atoms with Crippen LogP contribution in [-0.4, -0.2) is 23.7 Å². The monoisotopic (exact) mass is 297 g/mol. The molecule has 20 heavy (non-hydrogen) atoms. The summed E-state index contributed by atoms with van der Waals surface area (Å²) in [5, 5.41) is 1.16. The van der Waals surface area contributed by atoms with E-state index in [1.54, 1.807) is 11.3 Å². The van der Waals surface area contributed by atoms with Crippen LogP contribution in [0.15, 0.2) is 0 Å². The molecule has 1 aromatic heterocycles. The quantitative estimate of drug-likeness (QED) is 0.498. The second kappa shape index (κ2) is 6.98. The molecular formula is C15H27N3OS. The highest BCUT2D eigenvalue weighted by atomic mass is 32.1. The minimum absolute atomic E-state index is 0.135. The van der Waals surface area contributed by atoms with Gasteiger partial charge in [-0.15, -0.1) is 11.3 Å². The molecule has 1 aromatic rings. The first-order chi connectivity index (χ1) is 9.61. The molecule has 1 unspecified atom stereocenters. The van der Waals surface area contributed by atoms with Gasteiger partial charge >= 0.3 is 0 Å². The Labute approximate surface area is 126 Å². The summed E-state index contributed by atoms with van der Waals surface area (Å²) < 4.78 is 5.96. The molecule has 0 radical (unpaired) electrons. The number of thiazole rings is 1. The van der Waals surface area contributed by atoms with E-state index in [1.807, 2.05) is 7.11 Å². The van der Waals surface area contributed by atoms with Gasteiger partial charge in [0, 0.05) is 18.4 Å². The predicted molar refractivity (Wildman–Crippen MR) is 83.8 cm³/mol. The second-order valence-corrected chi connectivity index (χ2v) is 7.14. The summed E-state index contributed by atoms with van der Waals surface area (Å²) in [6.07, 6.45) is 8.08. The van der Waals surface area contributed by atoms with Crippen LogP contribution in [0.1, 0.15) is 54.1 Å². The van der Waals surface area contributed by atoms with E-state index in [0.717, 1.165) is 30.0 Å². The molecule has 1 saturated carbocycles. The zero-order valence-corrected chi connectivity index (χ0v) is 13.7. The Morgan fingerprint density at radius 2 is 1.95 bits per heavy atom. The maximum Gasteiger partial charge on any atom is 0.0948 e. The molecule has 0 spiro atoms. The van der Waals surface area contributed by atoms with Crippen LogP contribution in [0, 0.1) is 13.8 Å². The van der Waals surface area contributed by atoms with Crippen molar-refractivity contribution in [3.8, 4) is 0 Å². The molecule has 0 aliphatic heterocycles. The molecule has 114 valence electrons. The number of hydrogen-bond acceptors (Lipinski definition) is 5. The van der Waals surface area contributed by atoms with Crippen molar-refractivity contribution in [1.82, 2.24) is 10.4 Å². The van der Waals surface area contributed by atoms with Crippen LogP contribution in [0.25, 0.3) is 0 Å². The van der Waals surface area contributed by atoms with Gasteiger partial charge in [0.1, 0.15) is 0 Å². The fourth-order valence-electron chi connectivity index (χ4n) is 3.22. The van der Waals surface area contributed by atoms with E-state index in [-0.39, 0.29) is 11.6 Å². The number of rotatable bonds is 5. The Hall–Kier alpha value is -0.490. The van der Waals surface area contributed by atoms with E-state index < -0.39 is 0 Å². The lowest BCUT2D eigenvalue weighted by atomic mass is 9.84. The number of ether oxygens (including phenoxy) is 1. The first-order valence-electron chi connectivity index (χ1n) is 7.55. The smallest absolute Gasteiger partial charge is 0.0948 e. The molecular weight excluding hydrogens is 270 g/mol. The lowest BCUT2D eigenvalue weighted by Gasteiger charge is -2.38. The summed E-state index contributed by atoms with van der Waals surface area (Å²) in [7, 11) is 1.83. The van der Waals surface area contributed by atoms with E-state index in [9.17, 15) is 0 Å². The van der Waals surface area contributed by atoms with Crippen LogP contribution < -0.4 is 11.3 Å². The molecule has 5 heteroatoms. The number of methoxy groups -OCH3 is 1. The molecule has 1 fully saturated rings. The molecule has 0 saturated heterocycles. The molecule has 3 N–H and O–H groups in total. The van der Waals surface area contributed by atoms with Crippen molar-refractivity contribution < 1.29 is 4.74 Å². The van der Waals surface area contributed by atoms with Crippen LogP contribution in [-0.2, 0) is 11.2 Å². The number of aryl methyl sites for hydroxylation is 2. The molecule has 1 aliphatic rings. The summed E-state index contributed by atoms with van der Waals surface area (Å²) in [6, 6.07) is 0.135. The van der Waals surface area contributed by atoms with Crippen molar-refractivity contribution in [2.75, 3.05) is 7.11 Å². The molecule has 1 aliphatic carbocycles. The van der Waals surface area contributed by atoms with Crippen LogP contribution >= 0.6 is 11.3 Å². The van der Waals surface area contributed by atoms with Crippen LogP contribution in [0.2, 0.25) is 0 Å². The number of nitrogens with two attached hydrogens (primary N) is 1. The minimum Gasteiger partial charge on any atom is -0.377 e. The molecule has 1 heterocycles. The summed E-state index contributed by atoms with van der Waals surface area (Å²) in [5.74, 6) is 5.85. The standard InChI is InChI=1S/C15H27N3OS/c1-11-12(2)20-14(17-11)10-13(18-16)15(19-3)8-6-4-5-7-9-15/h13,18H,4-10,16H2,1-3H3. The van der Waals surface area contributed by atoms with Gasteiger partial charge < -0.3 is 4.74 Å². The molecule has 4 nitrogen and oxygen atoms in total. The fraction of sp³-hybridized carbons (Fsp3) is 0.800. The van der Waals surface area contributed by atoms with Gasteiger partial charge in [-0.05, 0) is 26.7 Å². The molecule has 0 amide bonds. The van der Waals surface area contributed by atoms with Crippen LogP contribution in [0.4, 0.5) is 0 Å². The van der Waals surface area contributed by atoms with Gasteiger partial charge in [-0.3, -0.25) is 11.3 Å². The maximum absolute atomic E-state index is 5.96. The van der Waals surface area contributed by atoms with Gasteiger partial charge in [0.25, 0.3) is 0 Å². The Bertz CT molecular complexity index is 405. The number of nitrogens with zero attached hydrogens (tertiary/aromatic N) is 1. The predicted octanol–water partition coefficient (Wildman–Crippen LogP) is 2.87. The third-order valence-electron chi connectivity index (χ3n) is 4.64. The largest absolute Gasteiger partial charge is 0.377 e. The lowest BCUT2D eigenvalue weighted by Crippen LogP contribution is -2.55. The first-order valence-corrected chi connectivity index (χ1v) is 8.37. The summed E-state index contributed by atoms with van der Waals surface area (Å²) >= 11 is 1.77. The van der Waals surface area contributed by atoms with Crippen molar-refractivity contribution in [2.24, 2.45) is 5.84 Å². The van der Waals surface area contributed by atoms with E-state index in [4.69, 9.17) is 10.6 Å². The number of nitrogens with one attached hydrogen (secondary N) is 1. The van der Waals surface area contributed by atoms with Gasteiger partial charge in [-0.2, -0.15) is 0 Å². The van der Waals surface area contributed by atoms with Gasteiger partial charge in [-0.25, -0.2) is 4.98 Å². The highest BCUT2D eigenvalue weighted by molar-refractivity contribution is 7.11. The summed E-state index contributed by atoms with van der Waals surface area (Å²) in [4.78, 5) is 5.94. The van der Waals surface area contributed by atoms with Gasteiger partial charge in [0.05, 0.1) is 22.3 Å². The van der Waals surface area contributed by atoms with Crippen molar-refractivity contribution in [1.29, 1.82) is 0 Å². The molecule has 0 bridgehead atoms. The maximum atomic E-state index is 5.96. The SMILES string of the molecule is COC1(C(Cc2nc(C)c(C)s2)NN)CCCCCC1. The average Bonchev–Trinajstić information content (AvgIpc) is 2.67. The summed E-state index contributed by atoms with van der Waals surface area (Å²) in [5.41, 5.74) is 4.00. The minimum atomic E-state index is -0.140. The van der Waals surface area contributed by atoms with Crippen molar-refractivity contribution in [2.45, 2.75) is 70.4 Å². The average molecular weight is 297 g/mol. The van der Waals surface area contributed by atoms with E-state index >= 15 is 0 Å². The number of aromatic nitrogens is 1. The first kappa shape index (κ1) is 15.9. The van der Waals surface area contributed by atoms with Gasteiger partial charge in [0.2, 0.25) is 0 Å².